The first kappa shape index (κ1) is 42.2. The number of aliphatic hydroxyl groups excluding tert-OH is 3. The quantitative estimate of drug-likeness (QED) is 0.117. The van der Waals surface area contributed by atoms with Crippen molar-refractivity contribution in [3.8, 4) is 0 Å². The van der Waals surface area contributed by atoms with E-state index >= 15 is 0 Å². The van der Waals surface area contributed by atoms with Gasteiger partial charge in [0.05, 0.1) is 29.3 Å². The van der Waals surface area contributed by atoms with Crippen molar-refractivity contribution in [3.05, 3.63) is 0 Å². The van der Waals surface area contributed by atoms with Gasteiger partial charge in [-0.15, -0.1) is 0 Å². The minimum atomic E-state index is -1.87. The van der Waals surface area contributed by atoms with Gasteiger partial charge in [-0.1, -0.05) is 20.8 Å². The lowest BCUT2D eigenvalue weighted by Gasteiger charge is -2.49. The fourth-order valence-electron chi connectivity index (χ4n) is 7.37. The Morgan fingerprint density at radius 2 is 1.70 bits per heavy atom. The van der Waals surface area contributed by atoms with E-state index in [1.807, 2.05) is 32.8 Å². The highest BCUT2D eigenvalue weighted by atomic mass is 16.7. The van der Waals surface area contributed by atoms with Crippen LogP contribution in [0.2, 0.25) is 0 Å². The molecule has 2 heterocycles. The van der Waals surface area contributed by atoms with Crippen LogP contribution in [0.3, 0.4) is 0 Å². The van der Waals surface area contributed by atoms with Crippen LogP contribution in [0.1, 0.15) is 87.5 Å². The first-order valence-corrected chi connectivity index (χ1v) is 17.5. The van der Waals surface area contributed by atoms with Gasteiger partial charge >= 0.3 is 5.97 Å². The maximum absolute atomic E-state index is 13.9. The van der Waals surface area contributed by atoms with E-state index in [4.69, 9.17) is 14.2 Å². The Morgan fingerprint density at radius 3 is 2.28 bits per heavy atom. The highest BCUT2D eigenvalue weighted by Crippen LogP contribution is 2.40. The van der Waals surface area contributed by atoms with E-state index in [1.54, 1.807) is 34.6 Å². The smallest absolute Gasteiger partial charge is 0.312 e. The molecule has 0 aromatic rings. The van der Waals surface area contributed by atoms with Crippen LogP contribution >= 0.6 is 0 Å². The molecule has 2 rings (SSSR count). The molecule has 47 heavy (non-hydrogen) atoms. The number of aliphatic hydroxyl groups is 6. The maximum Gasteiger partial charge on any atom is 0.312 e. The summed E-state index contributed by atoms with van der Waals surface area (Å²) in [4.78, 5) is 15.8. The number of hydrogen-bond donors (Lipinski definition) is 8. The molecular weight excluding hydrogens is 610 g/mol. The molecule has 0 radical (unpaired) electrons. The second kappa shape index (κ2) is 17.8. The van der Waals surface area contributed by atoms with Gasteiger partial charge in [0.1, 0.15) is 23.9 Å². The van der Waals surface area contributed by atoms with E-state index in [2.05, 4.69) is 10.6 Å². The van der Waals surface area contributed by atoms with Gasteiger partial charge in [-0.25, -0.2) is 0 Å². The number of cyclic esters (lactones) is 1. The third kappa shape index (κ3) is 10.5. The van der Waals surface area contributed by atoms with Crippen molar-refractivity contribution in [3.63, 3.8) is 0 Å². The summed E-state index contributed by atoms with van der Waals surface area (Å²) in [5.74, 6) is -3.06. The zero-order valence-corrected chi connectivity index (χ0v) is 30.5. The number of carbonyl (C=O) groups excluding carboxylic acids is 1. The van der Waals surface area contributed by atoms with E-state index in [0.29, 0.717) is 32.4 Å². The largest absolute Gasteiger partial charge is 0.459 e. The number of hydrogen-bond acceptors (Lipinski definition) is 13. The minimum Gasteiger partial charge on any atom is -0.459 e. The Bertz CT molecular complexity index is 955. The van der Waals surface area contributed by atoms with Gasteiger partial charge < -0.3 is 60.4 Å². The lowest BCUT2D eigenvalue weighted by molar-refractivity contribution is -0.304. The van der Waals surface area contributed by atoms with Crippen molar-refractivity contribution < 1.29 is 49.6 Å². The van der Waals surface area contributed by atoms with Crippen LogP contribution in [-0.2, 0) is 19.0 Å². The molecule has 0 bridgehead atoms. The Morgan fingerprint density at radius 1 is 1.06 bits per heavy atom. The van der Waals surface area contributed by atoms with Gasteiger partial charge in [0.2, 0.25) is 0 Å². The lowest BCUT2D eigenvalue weighted by Crippen LogP contribution is -2.64. The van der Waals surface area contributed by atoms with Crippen molar-refractivity contribution >= 4 is 5.97 Å². The van der Waals surface area contributed by atoms with Crippen LogP contribution in [0.15, 0.2) is 0 Å². The Hall–Kier alpha value is -0.970. The fourth-order valence-corrected chi connectivity index (χ4v) is 7.37. The summed E-state index contributed by atoms with van der Waals surface area (Å²) < 4.78 is 18.5. The molecule has 1 unspecified atom stereocenters. The molecule has 2 saturated heterocycles. The molecule has 14 atom stereocenters. The number of esters is 1. The van der Waals surface area contributed by atoms with Crippen molar-refractivity contribution in [1.29, 1.82) is 0 Å². The summed E-state index contributed by atoms with van der Waals surface area (Å²) in [6, 6.07) is -0.865. The summed E-state index contributed by atoms with van der Waals surface area (Å²) >= 11 is 0. The highest BCUT2D eigenvalue weighted by Gasteiger charge is 2.54. The second-order valence-corrected chi connectivity index (χ2v) is 15.1. The summed E-state index contributed by atoms with van der Waals surface area (Å²) in [5, 5.41) is 74.6. The maximum atomic E-state index is 13.9. The summed E-state index contributed by atoms with van der Waals surface area (Å²) in [6.07, 6.45) is -3.78. The average Bonchev–Trinajstić information content (AvgIpc) is 2.99. The van der Waals surface area contributed by atoms with Crippen LogP contribution in [0, 0.1) is 17.8 Å². The molecule has 0 amide bonds. The van der Waals surface area contributed by atoms with Crippen LogP contribution in [-0.4, -0.2) is 148 Å². The third-order valence-electron chi connectivity index (χ3n) is 10.6. The van der Waals surface area contributed by atoms with Crippen molar-refractivity contribution in [2.45, 2.75) is 153 Å². The molecule has 2 aliphatic rings. The third-order valence-corrected chi connectivity index (χ3v) is 10.6. The number of carbonyl (C=O) groups is 1. The first-order valence-electron chi connectivity index (χ1n) is 17.5. The van der Waals surface area contributed by atoms with Gasteiger partial charge in [0.15, 0.2) is 6.29 Å². The molecule has 0 aromatic carbocycles. The summed E-state index contributed by atoms with van der Waals surface area (Å²) in [7, 11) is 3.74. The van der Waals surface area contributed by atoms with Crippen LogP contribution in [0.25, 0.3) is 0 Å². The molecule has 278 valence electrons. The van der Waals surface area contributed by atoms with Crippen LogP contribution in [0.5, 0.6) is 0 Å². The molecule has 8 N–H and O–H groups in total. The van der Waals surface area contributed by atoms with Crippen molar-refractivity contribution in [2.24, 2.45) is 17.8 Å². The molecular formula is C34H67N3O10. The average molecular weight is 678 g/mol. The molecule has 0 saturated carbocycles. The van der Waals surface area contributed by atoms with Gasteiger partial charge in [-0.05, 0) is 99.8 Å². The SMILES string of the molecule is CC[C@H]1OC(=O)C(C)[C@@](O)(CNCCCCO)[C@H](C)[C@@H](O[C@@H]2O[C@H](C)C[C@H](N(C)C)[C@H]2O)[C@@](C)(O)C[C@@H](C)CN[C@H](C)[C@@H](O)[C@]1(C)O. The second-order valence-electron chi connectivity index (χ2n) is 15.1. The highest BCUT2D eigenvalue weighted by molar-refractivity contribution is 5.74. The standard InChI is InChI=1S/C34H67N3O10/c1-11-26-33(8,43)28(40)24(6)36-18-20(2)17-32(7,42)29(47-31-27(39)25(37(9)10)16-21(3)45-31)22(4)34(44,23(5)30(41)46-26)19-35-14-12-13-15-38/h20-29,31,35-36,38-40,42-44H,11-19H2,1-10H3/t20-,21-,22-,23?,24-,25+,26-,27-,28-,29-,31+,32+,33-,34-/m1/s1. The summed E-state index contributed by atoms with van der Waals surface area (Å²) in [5.41, 5.74) is -5.27. The molecule has 2 aliphatic heterocycles. The predicted octanol–water partition coefficient (Wildman–Crippen LogP) is 0.366. The fraction of sp³-hybridized carbons (Fsp3) is 0.971. The number of nitrogens with zero attached hydrogens (tertiary/aromatic N) is 1. The van der Waals surface area contributed by atoms with Crippen molar-refractivity contribution in [1.82, 2.24) is 15.5 Å². The summed E-state index contributed by atoms with van der Waals surface area (Å²) in [6.45, 7) is 14.4. The van der Waals surface area contributed by atoms with Gasteiger partial charge in [0, 0.05) is 31.2 Å². The topological polar surface area (TPSA) is 193 Å². The monoisotopic (exact) mass is 677 g/mol. The molecule has 13 heteroatoms. The molecule has 13 nitrogen and oxygen atoms in total. The number of ether oxygens (including phenoxy) is 3. The van der Waals surface area contributed by atoms with Gasteiger partial charge in [-0.2, -0.15) is 0 Å². The normalized spacial score (nSPS) is 44.9. The number of likely N-dealkylation sites (N-methyl/N-ethyl adjacent to an activating group) is 1. The van der Waals surface area contributed by atoms with Crippen molar-refractivity contribution in [2.75, 3.05) is 40.3 Å². The van der Waals surface area contributed by atoms with Crippen LogP contribution in [0.4, 0.5) is 0 Å². The zero-order valence-electron chi connectivity index (χ0n) is 30.5. The van der Waals surface area contributed by atoms with E-state index in [-0.39, 0.29) is 44.1 Å². The predicted molar refractivity (Wildman–Crippen MR) is 178 cm³/mol. The number of unbranched alkanes of at least 4 members (excludes halogenated alkanes) is 1. The van der Waals surface area contributed by atoms with E-state index < -0.39 is 71.4 Å². The Labute approximate surface area is 282 Å². The van der Waals surface area contributed by atoms with E-state index in [0.717, 1.165) is 0 Å². The van der Waals surface area contributed by atoms with Gasteiger partial charge in [-0.3, -0.25) is 4.79 Å². The number of nitrogens with one attached hydrogen (secondary N) is 2. The van der Waals surface area contributed by atoms with E-state index in [1.165, 1.54) is 6.92 Å². The molecule has 0 aliphatic carbocycles. The van der Waals surface area contributed by atoms with Crippen LogP contribution < -0.4 is 10.6 Å². The van der Waals surface area contributed by atoms with Gasteiger partial charge in [0.25, 0.3) is 0 Å². The van der Waals surface area contributed by atoms with E-state index in [9.17, 15) is 35.4 Å². The molecule has 0 spiro atoms. The molecule has 2 fully saturated rings. The lowest BCUT2D eigenvalue weighted by atomic mass is 9.70. The first-order chi connectivity index (χ1) is 21.7. The molecule has 0 aromatic heterocycles. The Balaban J connectivity index is 2.67. The Kier molecular flexibility index (Phi) is 16.0. The number of rotatable bonds is 10. The zero-order chi connectivity index (χ0) is 35.9. The minimum absolute atomic E-state index is 0.0236.